The Morgan fingerprint density at radius 1 is 1.15 bits per heavy atom. The maximum atomic E-state index is 12.3. The molecule has 0 aromatic carbocycles. The SMILES string of the molecule is CCCCC1COC(=O)N1C1CCN(C(=O)COCCOCCOC)CC1. The average Bonchev–Trinajstić information content (AvgIpc) is 3.06. The molecule has 0 aromatic rings. The van der Waals surface area contributed by atoms with Gasteiger partial charge in [0.2, 0.25) is 5.91 Å². The highest BCUT2D eigenvalue weighted by molar-refractivity contribution is 5.77. The Labute approximate surface area is 162 Å². The molecule has 0 N–H and O–H groups in total. The number of piperidine rings is 1. The van der Waals surface area contributed by atoms with Gasteiger partial charge in [-0.1, -0.05) is 19.8 Å². The van der Waals surface area contributed by atoms with Crippen LogP contribution in [0.25, 0.3) is 0 Å². The van der Waals surface area contributed by atoms with Crippen LogP contribution in [0.2, 0.25) is 0 Å². The number of rotatable bonds is 12. The van der Waals surface area contributed by atoms with Gasteiger partial charge in [-0.25, -0.2) is 4.79 Å². The fourth-order valence-electron chi connectivity index (χ4n) is 3.59. The second-order valence-corrected chi connectivity index (χ2v) is 7.05. The predicted molar refractivity (Wildman–Crippen MR) is 99.6 cm³/mol. The molecule has 2 aliphatic rings. The summed E-state index contributed by atoms with van der Waals surface area (Å²) in [6.07, 6.45) is 4.59. The maximum absolute atomic E-state index is 12.3. The van der Waals surface area contributed by atoms with Gasteiger partial charge in [-0.05, 0) is 19.3 Å². The number of likely N-dealkylation sites (tertiary alicyclic amines) is 1. The standard InChI is InChI=1S/C19H34N2O6/c1-3-4-5-17-14-27-19(23)21(17)16-6-8-20(9-7-16)18(22)15-26-13-12-25-11-10-24-2/h16-17H,3-15H2,1-2H3. The van der Waals surface area contributed by atoms with Crippen molar-refractivity contribution in [2.75, 3.05) is 59.8 Å². The highest BCUT2D eigenvalue weighted by Gasteiger charge is 2.39. The van der Waals surface area contributed by atoms with Crippen LogP contribution in [0.5, 0.6) is 0 Å². The van der Waals surface area contributed by atoms with Gasteiger partial charge in [0.25, 0.3) is 0 Å². The molecule has 156 valence electrons. The summed E-state index contributed by atoms with van der Waals surface area (Å²) < 4.78 is 20.8. The third-order valence-corrected chi connectivity index (χ3v) is 5.13. The van der Waals surface area contributed by atoms with Crippen LogP contribution in [0.15, 0.2) is 0 Å². The Kier molecular flexibility index (Phi) is 9.86. The summed E-state index contributed by atoms with van der Waals surface area (Å²) in [4.78, 5) is 28.1. The lowest BCUT2D eigenvalue weighted by atomic mass is 10.00. The fraction of sp³-hybridized carbons (Fsp3) is 0.895. The van der Waals surface area contributed by atoms with Crippen molar-refractivity contribution in [2.24, 2.45) is 0 Å². The van der Waals surface area contributed by atoms with E-state index in [1.54, 1.807) is 7.11 Å². The number of hydrogen-bond acceptors (Lipinski definition) is 6. The molecule has 0 aliphatic carbocycles. The Bertz CT molecular complexity index is 453. The summed E-state index contributed by atoms with van der Waals surface area (Å²) in [5.41, 5.74) is 0. The number of ether oxygens (including phenoxy) is 4. The molecule has 0 spiro atoms. The summed E-state index contributed by atoms with van der Waals surface area (Å²) in [7, 11) is 1.62. The van der Waals surface area contributed by atoms with Crippen LogP contribution in [-0.4, -0.2) is 93.7 Å². The zero-order valence-electron chi connectivity index (χ0n) is 16.7. The van der Waals surface area contributed by atoms with Crippen LogP contribution in [0, 0.1) is 0 Å². The van der Waals surface area contributed by atoms with Crippen molar-refractivity contribution in [3.8, 4) is 0 Å². The molecule has 1 unspecified atom stereocenters. The smallest absolute Gasteiger partial charge is 0.410 e. The van der Waals surface area contributed by atoms with E-state index >= 15 is 0 Å². The lowest BCUT2D eigenvalue weighted by molar-refractivity contribution is -0.138. The lowest BCUT2D eigenvalue weighted by Crippen LogP contribution is -2.50. The minimum Gasteiger partial charge on any atom is -0.447 e. The molecule has 2 rings (SSSR count). The minimum absolute atomic E-state index is 0.00290. The topological polar surface area (TPSA) is 77.5 Å². The zero-order valence-corrected chi connectivity index (χ0v) is 16.7. The molecule has 8 heteroatoms. The zero-order chi connectivity index (χ0) is 19.5. The van der Waals surface area contributed by atoms with E-state index in [4.69, 9.17) is 18.9 Å². The predicted octanol–water partition coefficient (Wildman–Crippen LogP) is 1.67. The summed E-state index contributed by atoms with van der Waals surface area (Å²) in [6, 6.07) is 0.354. The lowest BCUT2D eigenvalue weighted by Gasteiger charge is -2.37. The first-order valence-electron chi connectivity index (χ1n) is 10.0. The maximum Gasteiger partial charge on any atom is 0.410 e. The Balaban J connectivity index is 1.65. The molecule has 2 aliphatic heterocycles. The Hall–Kier alpha value is -1.38. The minimum atomic E-state index is -0.197. The van der Waals surface area contributed by atoms with Gasteiger partial charge in [-0.15, -0.1) is 0 Å². The number of nitrogens with zero attached hydrogens (tertiary/aromatic N) is 2. The normalized spacial score (nSPS) is 21.0. The first-order valence-corrected chi connectivity index (χ1v) is 10.0. The van der Waals surface area contributed by atoms with Gasteiger partial charge in [0, 0.05) is 26.2 Å². The molecule has 8 nitrogen and oxygen atoms in total. The van der Waals surface area contributed by atoms with Gasteiger partial charge in [-0.2, -0.15) is 0 Å². The molecule has 2 saturated heterocycles. The van der Waals surface area contributed by atoms with Crippen molar-refractivity contribution in [1.29, 1.82) is 0 Å². The van der Waals surface area contributed by atoms with Gasteiger partial charge in [0.05, 0.1) is 32.5 Å². The molecule has 0 aromatic heterocycles. The van der Waals surface area contributed by atoms with Gasteiger partial charge in [0.15, 0.2) is 0 Å². The molecule has 27 heavy (non-hydrogen) atoms. The van der Waals surface area contributed by atoms with Gasteiger partial charge in [0.1, 0.15) is 13.2 Å². The van der Waals surface area contributed by atoms with Gasteiger partial charge < -0.3 is 23.8 Å². The van der Waals surface area contributed by atoms with Crippen LogP contribution in [-0.2, 0) is 23.7 Å². The van der Waals surface area contributed by atoms with Crippen LogP contribution in [0.3, 0.4) is 0 Å². The van der Waals surface area contributed by atoms with Crippen molar-refractivity contribution in [3.63, 3.8) is 0 Å². The summed E-state index contributed by atoms with van der Waals surface area (Å²) in [5.74, 6) is -0.00290. The summed E-state index contributed by atoms with van der Waals surface area (Å²) in [5, 5.41) is 0. The molecule has 2 fully saturated rings. The van der Waals surface area contributed by atoms with E-state index in [0.717, 1.165) is 32.1 Å². The van der Waals surface area contributed by atoms with Crippen molar-refractivity contribution in [3.05, 3.63) is 0 Å². The van der Waals surface area contributed by atoms with E-state index in [1.165, 1.54) is 0 Å². The third kappa shape index (κ3) is 6.93. The largest absolute Gasteiger partial charge is 0.447 e. The molecule has 0 radical (unpaired) electrons. The van der Waals surface area contributed by atoms with E-state index in [0.29, 0.717) is 46.1 Å². The van der Waals surface area contributed by atoms with E-state index in [-0.39, 0.29) is 30.7 Å². The van der Waals surface area contributed by atoms with Crippen molar-refractivity contribution in [1.82, 2.24) is 9.80 Å². The summed E-state index contributed by atoms with van der Waals surface area (Å²) >= 11 is 0. The average molecular weight is 386 g/mol. The highest BCUT2D eigenvalue weighted by Crippen LogP contribution is 2.26. The number of amides is 2. The summed E-state index contributed by atoms with van der Waals surface area (Å²) in [6.45, 7) is 5.96. The second kappa shape index (κ2) is 12.2. The number of methoxy groups -OCH3 is 1. The first kappa shape index (κ1) is 21.9. The molecular weight excluding hydrogens is 352 g/mol. The van der Waals surface area contributed by atoms with Crippen molar-refractivity contribution < 1.29 is 28.5 Å². The van der Waals surface area contributed by atoms with Crippen LogP contribution in [0.4, 0.5) is 4.79 Å². The molecule has 2 heterocycles. The number of unbranched alkanes of at least 4 members (excludes halogenated alkanes) is 1. The molecule has 0 saturated carbocycles. The first-order chi connectivity index (χ1) is 13.2. The number of carbonyl (C=O) groups is 2. The Morgan fingerprint density at radius 3 is 2.56 bits per heavy atom. The highest BCUT2D eigenvalue weighted by atomic mass is 16.6. The molecule has 2 amide bonds. The number of cyclic esters (lactones) is 1. The fourth-order valence-corrected chi connectivity index (χ4v) is 3.59. The van der Waals surface area contributed by atoms with Crippen molar-refractivity contribution in [2.45, 2.75) is 51.1 Å². The number of hydrogen-bond donors (Lipinski definition) is 0. The molecule has 0 bridgehead atoms. The molecular formula is C19H34N2O6. The van der Waals surface area contributed by atoms with Gasteiger partial charge in [-0.3, -0.25) is 9.69 Å². The van der Waals surface area contributed by atoms with Crippen LogP contribution < -0.4 is 0 Å². The third-order valence-electron chi connectivity index (χ3n) is 5.13. The van der Waals surface area contributed by atoms with Crippen molar-refractivity contribution >= 4 is 12.0 Å². The monoisotopic (exact) mass is 386 g/mol. The van der Waals surface area contributed by atoms with Gasteiger partial charge >= 0.3 is 6.09 Å². The number of carbonyl (C=O) groups excluding carboxylic acids is 2. The van der Waals surface area contributed by atoms with E-state index < -0.39 is 0 Å². The quantitative estimate of drug-likeness (QED) is 0.475. The second-order valence-electron chi connectivity index (χ2n) is 7.05. The van der Waals surface area contributed by atoms with E-state index in [9.17, 15) is 9.59 Å². The molecule has 1 atom stereocenters. The Morgan fingerprint density at radius 2 is 1.85 bits per heavy atom. The van der Waals surface area contributed by atoms with Crippen LogP contribution in [0.1, 0.15) is 39.0 Å². The van der Waals surface area contributed by atoms with E-state index in [2.05, 4.69) is 6.92 Å². The van der Waals surface area contributed by atoms with Crippen LogP contribution >= 0.6 is 0 Å². The van der Waals surface area contributed by atoms with E-state index in [1.807, 2.05) is 9.80 Å².